The summed E-state index contributed by atoms with van der Waals surface area (Å²) in [6.45, 7) is 1.94. The molecular weight excluding hydrogens is 258 g/mol. The van der Waals surface area contributed by atoms with Crippen molar-refractivity contribution in [1.29, 1.82) is 0 Å². The molecule has 0 aliphatic heterocycles. The Balaban J connectivity index is 2.82. The lowest BCUT2D eigenvalue weighted by Crippen LogP contribution is -1.99. The Morgan fingerprint density at radius 1 is 1.53 bits per heavy atom. The molecule has 0 bridgehead atoms. The van der Waals surface area contributed by atoms with Crippen molar-refractivity contribution in [3.63, 3.8) is 0 Å². The normalized spacial score (nSPS) is 10.8. The average molecular weight is 268 g/mol. The van der Waals surface area contributed by atoms with Gasteiger partial charge in [-0.3, -0.25) is 0 Å². The number of aromatic nitrogens is 1. The first kappa shape index (κ1) is 10.2. The number of benzene rings is 1. The van der Waals surface area contributed by atoms with Gasteiger partial charge in [0.25, 0.3) is 0 Å². The predicted molar refractivity (Wildman–Crippen MR) is 62.3 cm³/mol. The molecule has 0 spiro atoms. The fourth-order valence-corrected chi connectivity index (χ4v) is 2.09. The van der Waals surface area contributed by atoms with Gasteiger partial charge in [-0.25, -0.2) is 4.79 Å². The van der Waals surface area contributed by atoms with Crippen LogP contribution < -0.4 is 0 Å². The quantitative estimate of drug-likeness (QED) is 0.878. The van der Waals surface area contributed by atoms with Crippen molar-refractivity contribution in [2.24, 2.45) is 0 Å². The van der Waals surface area contributed by atoms with Crippen LogP contribution in [-0.2, 0) is 6.42 Å². The third-order valence-corrected chi connectivity index (χ3v) is 2.90. The Kier molecular flexibility index (Phi) is 2.52. The predicted octanol–water partition coefficient (Wildman–Crippen LogP) is 3.19. The maximum Gasteiger partial charge on any atom is 0.338 e. The molecule has 0 amide bonds. The van der Waals surface area contributed by atoms with Crippen molar-refractivity contribution in [3.05, 3.63) is 33.9 Å². The number of rotatable bonds is 2. The van der Waals surface area contributed by atoms with Gasteiger partial charge in [0.15, 0.2) is 0 Å². The van der Waals surface area contributed by atoms with Gasteiger partial charge in [-0.2, -0.15) is 0 Å². The molecule has 78 valence electrons. The van der Waals surface area contributed by atoms with E-state index >= 15 is 0 Å². The van der Waals surface area contributed by atoms with Crippen LogP contribution in [0.3, 0.4) is 0 Å². The molecule has 0 unspecified atom stereocenters. The fraction of sp³-hybridized carbons (Fsp3) is 0.182. The zero-order valence-corrected chi connectivity index (χ0v) is 9.76. The molecular formula is C11H10BrNO2. The monoisotopic (exact) mass is 267 g/mol. The number of nitrogens with one attached hydrogen (secondary N) is 1. The highest BCUT2D eigenvalue weighted by Gasteiger charge is 2.16. The van der Waals surface area contributed by atoms with E-state index in [0.29, 0.717) is 12.0 Å². The second-order valence-electron chi connectivity index (χ2n) is 3.33. The van der Waals surface area contributed by atoms with Gasteiger partial charge >= 0.3 is 5.97 Å². The van der Waals surface area contributed by atoms with Gasteiger partial charge < -0.3 is 10.1 Å². The number of aryl methyl sites for hydroxylation is 1. The van der Waals surface area contributed by atoms with Crippen molar-refractivity contribution in [2.75, 3.05) is 0 Å². The highest BCUT2D eigenvalue weighted by atomic mass is 79.9. The number of hydrogen-bond acceptors (Lipinski definition) is 1. The summed E-state index contributed by atoms with van der Waals surface area (Å²) in [5.74, 6) is -0.879. The van der Waals surface area contributed by atoms with E-state index in [1.165, 1.54) is 0 Å². The van der Waals surface area contributed by atoms with Gasteiger partial charge in [0.1, 0.15) is 0 Å². The Morgan fingerprint density at radius 3 is 2.87 bits per heavy atom. The molecule has 0 saturated heterocycles. The molecule has 15 heavy (non-hydrogen) atoms. The first-order valence-corrected chi connectivity index (χ1v) is 5.46. The van der Waals surface area contributed by atoms with Crippen molar-refractivity contribution < 1.29 is 9.90 Å². The smallest absolute Gasteiger partial charge is 0.338 e. The maximum atomic E-state index is 11.1. The molecule has 1 heterocycles. The van der Waals surface area contributed by atoms with E-state index in [1.807, 2.05) is 25.1 Å². The van der Waals surface area contributed by atoms with Crippen LogP contribution in [0.15, 0.2) is 22.7 Å². The van der Waals surface area contributed by atoms with Crippen molar-refractivity contribution in [2.45, 2.75) is 13.3 Å². The first-order chi connectivity index (χ1) is 7.13. The zero-order valence-electron chi connectivity index (χ0n) is 8.17. The number of fused-ring (bicyclic) bond motifs is 1. The minimum absolute atomic E-state index is 0.383. The van der Waals surface area contributed by atoms with Crippen LogP contribution in [0.5, 0.6) is 0 Å². The van der Waals surface area contributed by atoms with E-state index in [4.69, 9.17) is 5.11 Å². The minimum atomic E-state index is -0.879. The molecule has 2 N–H and O–H groups in total. The lowest BCUT2D eigenvalue weighted by Gasteiger charge is -1.95. The summed E-state index contributed by atoms with van der Waals surface area (Å²) >= 11 is 3.34. The van der Waals surface area contributed by atoms with Gasteiger partial charge in [0, 0.05) is 21.1 Å². The second-order valence-corrected chi connectivity index (χ2v) is 4.24. The summed E-state index contributed by atoms with van der Waals surface area (Å²) in [6, 6.07) is 5.60. The summed E-state index contributed by atoms with van der Waals surface area (Å²) in [6.07, 6.45) is 0.688. The summed E-state index contributed by atoms with van der Waals surface area (Å²) in [7, 11) is 0. The summed E-state index contributed by atoms with van der Waals surface area (Å²) < 4.78 is 0.888. The maximum absolute atomic E-state index is 11.1. The summed E-state index contributed by atoms with van der Waals surface area (Å²) in [4.78, 5) is 14.3. The summed E-state index contributed by atoms with van der Waals surface area (Å²) in [5, 5.41) is 9.90. The number of halogens is 1. The van der Waals surface area contributed by atoms with E-state index in [1.54, 1.807) is 0 Å². The Morgan fingerprint density at radius 2 is 2.27 bits per heavy atom. The lowest BCUT2D eigenvalue weighted by molar-refractivity contribution is 0.0698. The Labute approximate surface area is 95.2 Å². The number of carboxylic acids is 1. The van der Waals surface area contributed by atoms with Crippen LogP contribution in [-0.4, -0.2) is 16.1 Å². The first-order valence-electron chi connectivity index (χ1n) is 4.67. The second kappa shape index (κ2) is 3.70. The Bertz CT molecular complexity index is 531. The van der Waals surface area contributed by atoms with E-state index in [0.717, 1.165) is 21.1 Å². The fourth-order valence-electron chi connectivity index (χ4n) is 1.73. The topological polar surface area (TPSA) is 53.1 Å². The number of carbonyl (C=O) groups is 1. The van der Waals surface area contributed by atoms with Gasteiger partial charge in [-0.1, -0.05) is 22.9 Å². The molecule has 0 atom stereocenters. The molecule has 0 fully saturated rings. The number of aromatic amines is 1. The van der Waals surface area contributed by atoms with Gasteiger partial charge in [-0.05, 0) is 24.6 Å². The lowest BCUT2D eigenvalue weighted by atomic mass is 10.1. The zero-order chi connectivity index (χ0) is 11.0. The SMILES string of the molecule is CCc1[nH]c2ccc(Br)cc2c1C(=O)O. The van der Waals surface area contributed by atoms with Gasteiger partial charge in [0.2, 0.25) is 0 Å². The number of carboxylic acid groups (broad SMARTS) is 1. The molecule has 3 nitrogen and oxygen atoms in total. The largest absolute Gasteiger partial charge is 0.478 e. The van der Waals surface area contributed by atoms with Crippen LogP contribution in [0.1, 0.15) is 23.0 Å². The minimum Gasteiger partial charge on any atom is -0.478 e. The molecule has 1 aromatic carbocycles. The standard InChI is InChI=1S/C11H10BrNO2/c1-2-8-10(11(14)15)7-5-6(12)3-4-9(7)13-8/h3-5,13H,2H2,1H3,(H,14,15). The van der Waals surface area contributed by atoms with E-state index < -0.39 is 5.97 Å². The summed E-state index contributed by atoms with van der Waals surface area (Å²) in [5.41, 5.74) is 2.02. The highest BCUT2D eigenvalue weighted by Crippen LogP contribution is 2.26. The van der Waals surface area contributed by atoms with Crippen molar-refractivity contribution in [1.82, 2.24) is 4.98 Å². The molecule has 0 saturated carbocycles. The van der Waals surface area contributed by atoms with Crippen LogP contribution >= 0.6 is 15.9 Å². The van der Waals surface area contributed by atoms with Crippen LogP contribution in [0.2, 0.25) is 0 Å². The average Bonchev–Trinajstić information content (AvgIpc) is 2.55. The molecule has 0 aliphatic rings. The van der Waals surface area contributed by atoms with Crippen molar-refractivity contribution >= 4 is 32.8 Å². The van der Waals surface area contributed by atoms with Crippen LogP contribution in [0, 0.1) is 0 Å². The highest BCUT2D eigenvalue weighted by molar-refractivity contribution is 9.10. The molecule has 1 aromatic heterocycles. The third kappa shape index (κ3) is 1.65. The number of hydrogen-bond donors (Lipinski definition) is 2. The van der Waals surface area contributed by atoms with E-state index in [2.05, 4.69) is 20.9 Å². The van der Waals surface area contributed by atoms with Gasteiger partial charge in [-0.15, -0.1) is 0 Å². The van der Waals surface area contributed by atoms with E-state index in [9.17, 15) is 4.79 Å². The number of H-pyrrole nitrogens is 1. The molecule has 2 aromatic rings. The molecule has 4 heteroatoms. The van der Waals surface area contributed by atoms with E-state index in [-0.39, 0.29) is 0 Å². The third-order valence-electron chi connectivity index (χ3n) is 2.41. The van der Waals surface area contributed by atoms with Crippen molar-refractivity contribution in [3.8, 4) is 0 Å². The molecule has 2 rings (SSSR count). The molecule has 0 radical (unpaired) electrons. The van der Waals surface area contributed by atoms with Crippen LogP contribution in [0.25, 0.3) is 10.9 Å². The Hall–Kier alpha value is -1.29. The molecule has 0 aliphatic carbocycles. The van der Waals surface area contributed by atoms with Gasteiger partial charge in [0.05, 0.1) is 5.56 Å². The number of aromatic carboxylic acids is 1. The van der Waals surface area contributed by atoms with Crippen LogP contribution in [0.4, 0.5) is 0 Å².